The lowest BCUT2D eigenvalue weighted by atomic mass is 10.2. The summed E-state index contributed by atoms with van der Waals surface area (Å²) in [5.41, 5.74) is 0.986. The molecule has 0 spiro atoms. The maximum atomic E-state index is 12.2. The van der Waals surface area contributed by atoms with Crippen molar-refractivity contribution in [3.05, 3.63) is 48.6 Å². The number of halogens is 1. The van der Waals surface area contributed by atoms with E-state index in [1.54, 1.807) is 4.90 Å². The minimum atomic E-state index is -0.304. The van der Waals surface area contributed by atoms with E-state index < -0.39 is 0 Å². The van der Waals surface area contributed by atoms with E-state index in [0.29, 0.717) is 23.7 Å². The van der Waals surface area contributed by atoms with E-state index in [-0.39, 0.29) is 12.3 Å². The van der Waals surface area contributed by atoms with Crippen molar-refractivity contribution in [2.24, 2.45) is 0 Å². The molecule has 0 bridgehead atoms. The molecule has 1 aromatic rings. The summed E-state index contributed by atoms with van der Waals surface area (Å²) < 4.78 is 11.5. The van der Waals surface area contributed by atoms with Gasteiger partial charge < -0.3 is 9.47 Å². The van der Waals surface area contributed by atoms with Crippen molar-refractivity contribution in [2.45, 2.75) is 29.6 Å². The first kappa shape index (κ1) is 16.3. The Morgan fingerprint density at radius 3 is 2.90 bits per heavy atom. The number of nitrogens with zero attached hydrogens (tertiary/aromatic N) is 1. The van der Waals surface area contributed by atoms with Gasteiger partial charge in [-0.05, 0) is 18.4 Å². The number of carbonyl (C=O) groups is 1. The van der Waals surface area contributed by atoms with Crippen LogP contribution < -0.4 is 0 Å². The van der Waals surface area contributed by atoms with Crippen LogP contribution in [0.3, 0.4) is 0 Å². The fourth-order valence-corrected chi connectivity index (χ4v) is 3.07. The van der Waals surface area contributed by atoms with Gasteiger partial charge in [-0.25, -0.2) is 4.79 Å². The molecule has 0 unspecified atom stereocenters. The molecule has 1 saturated heterocycles. The van der Waals surface area contributed by atoms with Gasteiger partial charge in [0.15, 0.2) is 0 Å². The van der Waals surface area contributed by atoms with Crippen molar-refractivity contribution in [2.75, 3.05) is 13.2 Å². The van der Waals surface area contributed by atoms with Gasteiger partial charge in [-0.2, -0.15) is 0 Å². The Morgan fingerprint density at radius 1 is 1.43 bits per heavy atom. The Hall–Kier alpha value is -1.08. The number of ether oxygens (including phenoxy) is 2. The monoisotopic (exact) mass is 401 g/mol. The van der Waals surface area contributed by atoms with Gasteiger partial charge in [-0.15, -0.1) is 6.58 Å². The fraction of sp³-hybridized carbons (Fsp3) is 0.438. The second kappa shape index (κ2) is 8.38. The first-order chi connectivity index (χ1) is 10.2. The number of rotatable bonds is 6. The van der Waals surface area contributed by atoms with Crippen LogP contribution in [0.1, 0.15) is 18.4 Å². The SMILES string of the molecule is C=CCCO[C@H]1[C@H](I)CCN1C(=O)OCc1ccccc1. The van der Waals surface area contributed by atoms with E-state index in [1.165, 1.54) is 0 Å². The highest BCUT2D eigenvalue weighted by Crippen LogP contribution is 2.27. The van der Waals surface area contributed by atoms with Crippen molar-refractivity contribution < 1.29 is 14.3 Å². The highest BCUT2D eigenvalue weighted by atomic mass is 127. The molecule has 1 heterocycles. The zero-order chi connectivity index (χ0) is 15.1. The number of hydrogen-bond donors (Lipinski definition) is 0. The second-order valence-electron chi connectivity index (χ2n) is 4.88. The molecule has 1 aliphatic heterocycles. The number of likely N-dealkylation sites (tertiary alicyclic amines) is 1. The van der Waals surface area contributed by atoms with Gasteiger partial charge in [0.1, 0.15) is 12.8 Å². The molecule has 0 aromatic heterocycles. The molecule has 4 nitrogen and oxygen atoms in total. The summed E-state index contributed by atoms with van der Waals surface area (Å²) in [6, 6.07) is 9.69. The van der Waals surface area contributed by atoms with Crippen LogP contribution in [-0.2, 0) is 16.1 Å². The summed E-state index contributed by atoms with van der Waals surface area (Å²) in [5, 5.41) is 0. The first-order valence-corrected chi connectivity index (χ1v) is 8.31. The van der Waals surface area contributed by atoms with Gasteiger partial charge in [0.25, 0.3) is 0 Å². The molecule has 0 saturated carbocycles. The van der Waals surface area contributed by atoms with Crippen molar-refractivity contribution in [1.29, 1.82) is 0 Å². The molecule has 1 aliphatic rings. The Kier molecular flexibility index (Phi) is 6.50. The molecule has 1 fully saturated rings. The van der Waals surface area contributed by atoms with Gasteiger partial charge in [-0.1, -0.05) is 59.0 Å². The normalized spacial score (nSPS) is 21.3. The Labute approximate surface area is 139 Å². The number of hydrogen-bond acceptors (Lipinski definition) is 3. The Morgan fingerprint density at radius 2 is 2.19 bits per heavy atom. The highest BCUT2D eigenvalue weighted by molar-refractivity contribution is 14.1. The average molecular weight is 401 g/mol. The third-order valence-electron chi connectivity index (χ3n) is 3.31. The standard InChI is InChI=1S/C16H20INO3/c1-2-3-11-20-15-14(17)9-10-18(15)16(19)21-12-13-7-5-4-6-8-13/h2,4-8,14-15H,1,3,9-12H2/t14-,15+/m1/s1. The van der Waals surface area contributed by atoms with Crippen LogP contribution in [0.15, 0.2) is 43.0 Å². The summed E-state index contributed by atoms with van der Waals surface area (Å²) in [7, 11) is 0. The number of amides is 1. The lowest BCUT2D eigenvalue weighted by Gasteiger charge is -2.25. The maximum Gasteiger partial charge on any atom is 0.412 e. The van der Waals surface area contributed by atoms with Crippen LogP contribution in [0, 0.1) is 0 Å². The summed E-state index contributed by atoms with van der Waals surface area (Å²) in [6.07, 6.45) is 3.03. The van der Waals surface area contributed by atoms with E-state index in [1.807, 2.05) is 36.4 Å². The molecule has 21 heavy (non-hydrogen) atoms. The minimum Gasteiger partial charge on any atom is -0.444 e. The molecule has 2 rings (SSSR count). The van der Waals surface area contributed by atoms with Crippen LogP contribution in [0.5, 0.6) is 0 Å². The molecular formula is C16H20INO3. The van der Waals surface area contributed by atoms with Crippen molar-refractivity contribution in [3.8, 4) is 0 Å². The number of alkyl halides is 1. The van der Waals surface area contributed by atoms with E-state index in [4.69, 9.17) is 9.47 Å². The largest absolute Gasteiger partial charge is 0.444 e. The van der Waals surface area contributed by atoms with E-state index in [9.17, 15) is 4.79 Å². The topological polar surface area (TPSA) is 38.8 Å². The summed E-state index contributed by atoms with van der Waals surface area (Å²) in [4.78, 5) is 13.9. The first-order valence-electron chi connectivity index (χ1n) is 7.06. The zero-order valence-electron chi connectivity index (χ0n) is 11.9. The van der Waals surface area contributed by atoms with Crippen LogP contribution in [0.25, 0.3) is 0 Å². The van der Waals surface area contributed by atoms with Crippen LogP contribution in [-0.4, -0.2) is 34.3 Å². The lowest BCUT2D eigenvalue weighted by molar-refractivity contribution is -0.0275. The van der Waals surface area contributed by atoms with Gasteiger partial charge >= 0.3 is 6.09 Å². The van der Waals surface area contributed by atoms with E-state index >= 15 is 0 Å². The fourth-order valence-electron chi connectivity index (χ4n) is 2.19. The maximum absolute atomic E-state index is 12.2. The summed E-state index contributed by atoms with van der Waals surface area (Å²) >= 11 is 2.33. The third kappa shape index (κ3) is 4.71. The molecule has 0 radical (unpaired) electrons. The molecule has 2 atom stereocenters. The number of carbonyl (C=O) groups excluding carboxylic acids is 1. The summed E-state index contributed by atoms with van der Waals surface area (Å²) in [5.74, 6) is 0. The van der Waals surface area contributed by atoms with Gasteiger partial charge in [-0.3, -0.25) is 4.90 Å². The van der Waals surface area contributed by atoms with Gasteiger partial charge in [0.05, 0.1) is 10.5 Å². The molecule has 5 heteroatoms. The van der Waals surface area contributed by atoms with Crippen LogP contribution >= 0.6 is 22.6 Å². The lowest BCUT2D eigenvalue weighted by Crippen LogP contribution is -2.40. The Bertz CT molecular complexity index is 466. The molecular weight excluding hydrogens is 381 g/mol. The van der Waals surface area contributed by atoms with Crippen LogP contribution in [0.2, 0.25) is 0 Å². The average Bonchev–Trinajstić information content (AvgIpc) is 2.87. The molecule has 0 aliphatic carbocycles. The molecule has 1 amide bonds. The van der Waals surface area contributed by atoms with E-state index in [0.717, 1.165) is 18.4 Å². The van der Waals surface area contributed by atoms with Gasteiger partial charge in [0.2, 0.25) is 0 Å². The summed E-state index contributed by atoms with van der Waals surface area (Å²) in [6.45, 7) is 5.23. The second-order valence-corrected chi connectivity index (χ2v) is 6.48. The quantitative estimate of drug-likeness (QED) is 0.316. The molecule has 1 aromatic carbocycles. The Balaban J connectivity index is 1.86. The highest BCUT2D eigenvalue weighted by Gasteiger charge is 2.37. The van der Waals surface area contributed by atoms with E-state index in [2.05, 4.69) is 29.2 Å². The van der Waals surface area contributed by atoms with Crippen LogP contribution in [0.4, 0.5) is 4.79 Å². The van der Waals surface area contributed by atoms with Crippen molar-refractivity contribution >= 4 is 28.7 Å². The third-order valence-corrected chi connectivity index (χ3v) is 4.55. The smallest absolute Gasteiger partial charge is 0.412 e. The molecule has 0 N–H and O–H groups in total. The predicted octanol–water partition coefficient (Wildman–Crippen LogP) is 3.75. The number of benzene rings is 1. The minimum absolute atomic E-state index is 0.200. The van der Waals surface area contributed by atoms with Crippen molar-refractivity contribution in [3.63, 3.8) is 0 Å². The molecule has 114 valence electrons. The van der Waals surface area contributed by atoms with Gasteiger partial charge in [0, 0.05) is 6.54 Å². The zero-order valence-corrected chi connectivity index (χ0v) is 14.1. The predicted molar refractivity (Wildman–Crippen MR) is 90.3 cm³/mol. The van der Waals surface area contributed by atoms with Crippen molar-refractivity contribution in [1.82, 2.24) is 4.90 Å².